The van der Waals surface area contributed by atoms with E-state index in [2.05, 4.69) is 25.7 Å². The maximum absolute atomic E-state index is 5.73. The number of hydrogen-bond donors (Lipinski definition) is 0. The van der Waals surface area contributed by atoms with Gasteiger partial charge in [0.1, 0.15) is 0 Å². The topological polar surface area (TPSA) is 12.5 Å². The first-order chi connectivity index (χ1) is 10.8. The summed E-state index contributed by atoms with van der Waals surface area (Å²) < 4.78 is 5.73. The van der Waals surface area contributed by atoms with Crippen molar-refractivity contribution in [3.05, 3.63) is 0 Å². The standard InChI is InChI=1S/C20H41NO/c1-4-7-9-11-13-15-19(16-14-12-10-8-5-2)21-17-20(18-21)22-6-3/h19-20H,4-18H2,1-3H3. The minimum atomic E-state index is 0.521. The van der Waals surface area contributed by atoms with Gasteiger partial charge in [0.15, 0.2) is 0 Å². The average molecular weight is 312 g/mol. The van der Waals surface area contributed by atoms with Crippen LogP contribution in [0.15, 0.2) is 0 Å². The Balaban J connectivity index is 2.18. The summed E-state index contributed by atoms with van der Waals surface area (Å²) >= 11 is 0. The molecular weight excluding hydrogens is 270 g/mol. The molecule has 132 valence electrons. The maximum Gasteiger partial charge on any atom is 0.0828 e. The monoisotopic (exact) mass is 311 g/mol. The van der Waals surface area contributed by atoms with Crippen molar-refractivity contribution in [1.82, 2.24) is 4.90 Å². The van der Waals surface area contributed by atoms with Gasteiger partial charge in [-0.25, -0.2) is 0 Å². The van der Waals surface area contributed by atoms with Crippen molar-refractivity contribution < 1.29 is 4.74 Å². The molecule has 0 atom stereocenters. The first-order valence-electron chi connectivity index (χ1n) is 10.2. The molecule has 0 aliphatic carbocycles. The Kier molecular flexibility index (Phi) is 12.1. The van der Waals surface area contributed by atoms with E-state index in [0.717, 1.165) is 12.6 Å². The van der Waals surface area contributed by atoms with Crippen LogP contribution in [-0.2, 0) is 4.74 Å². The fraction of sp³-hybridized carbons (Fsp3) is 1.00. The van der Waals surface area contributed by atoms with Crippen LogP contribution in [0.1, 0.15) is 97.8 Å². The molecule has 0 saturated carbocycles. The van der Waals surface area contributed by atoms with E-state index in [9.17, 15) is 0 Å². The average Bonchev–Trinajstić information content (AvgIpc) is 2.48. The van der Waals surface area contributed by atoms with Crippen molar-refractivity contribution in [2.45, 2.75) is 110 Å². The molecule has 0 aromatic carbocycles. The quantitative estimate of drug-likeness (QED) is 0.355. The second-order valence-electron chi connectivity index (χ2n) is 7.09. The summed E-state index contributed by atoms with van der Waals surface area (Å²) in [7, 11) is 0. The molecule has 1 heterocycles. The third kappa shape index (κ3) is 8.53. The highest BCUT2D eigenvalue weighted by molar-refractivity contribution is 4.86. The fourth-order valence-corrected chi connectivity index (χ4v) is 3.59. The van der Waals surface area contributed by atoms with Crippen molar-refractivity contribution in [3.63, 3.8) is 0 Å². The lowest BCUT2D eigenvalue weighted by molar-refractivity contribution is -0.0710. The number of rotatable bonds is 15. The van der Waals surface area contributed by atoms with Gasteiger partial charge in [-0.15, -0.1) is 0 Å². The highest BCUT2D eigenvalue weighted by Gasteiger charge is 2.31. The van der Waals surface area contributed by atoms with Gasteiger partial charge in [-0.3, -0.25) is 4.90 Å². The molecule has 0 bridgehead atoms. The predicted molar refractivity (Wildman–Crippen MR) is 97.5 cm³/mol. The molecule has 1 aliphatic rings. The summed E-state index contributed by atoms with van der Waals surface area (Å²) in [6, 6.07) is 0.833. The van der Waals surface area contributed by atoms with Crippen LogP contribution in [0.4, 0.5) is 0 Å². The molecule has 0 radical (unpaired) electrons. The van der Waals surface area contributed by atoms with E-state index < -0.39 is 0 Å². The Bertz CT molecular complexity index is 224. The summed E-state index contributed by atoms with van der Waals surface area (Å²) in [5, 5.41) is 0. The predicted octanol–water partition coefficient (Wildman–Crippen LogP) is 5.80. The Morgan fingerprint density at radius 1 is 0.773 bits per heavy atom. The Labute approximate surface area is 140 Å². The molecule has 1 aliphatic heterocycles. The lowest BCUT2D eigenvalue weighted by atomic mass is 9.96. The number of nitrogens with zero attached hydrogens (tertiary/aromatic N) is 1. The third-order valence-electron chi connectivity index (χ3n) is 5.08. The first-order valence-corrected chi connectivity index (χ1v) is 10.2. The molecule has 0 aromatic heterocycles. The first kappa shape index (κ1) is 20.0. The zero-order valence-electron chi connectivity index (χ0n) is 15.6. The number of ether oxygens (including phenoxy) is 1. The Hall–Kier alpha value is -0.0800. The van der Waals surface area contributed by atoms with E-state index in [1.54, 1.807) is 0 Å². The van der Waals surface area contributed by atoms with E-state index in [4.69, 9.17) is 4.74 Å². The SMILES string of the molecule is CCCCCCCC(CCCCCCC)N1CC(OCC)C1. The van der Waals surface area contributed by atoms with Crippen molar-refractivity contribution in [3.8, 4) is 0 Å². The largest absolute Gasteiger partial charge is 0.376 e. The molecule has 1 fully saturated rings. The van der Waals surface area contributed by atoms with Gasteiger partial charge in [-0.2, -0.15) is 0 Å². The fourth-order valence-electron chi connectivity index (χ4n) is 3.59. The number of hydrogen-bond acceptors (Lipinski definition) is 2. The van der Waals surface area contributed by atoms with Crippen LogP contribution in [0.5, 0.6) is 0 Å². The van der Waals surface area contributed by atoms with Gasteiger partial charge in [-0.05, 0) is 19.8 Å². The summed E-state index contributed by atoms with van der Waals surface area (Å²) in [5.41, 5.74) is 0. The van der Waals surface area contributed by atoms with Gasteiger partial charge < -0.3 is 4.74 Å². The van der Waals surface area contributed by atoms with E-state index >= 15 is 0 Å². The van der Waals surface area contributed by atoms with Crippen molar-refractivity contribution in [1.29, 1.82) is 0 Å². The van der Waals surface area contributed by atoms with Crippen LogP contribution in [0, 0.1) is 0 Å². The number of likely N-dealkylation sites (tertiary alicyclic amines) is 1. The zero-order valence-corrected chi connectivity index (χ0v) is 15.6. The molecule has 0 spiro atoms. The maximum atomic E-state index is 5.73. The van der Waals surface area contributed by atoms with Gasteiger partial charge in [-0.1, -0.05) is 78.1 Å². The van der Waals surface area contributed by atoms with E-state index in [0.29, 0.717) is 6.10 Å². The molecule has 0 aromatic rings. The van der Waals surface area contributed by atoms with E-state index in [1.807, 2.05) is 0 Å². The summed E-state index contributed by atoms with van der Waals surface area (Å²) in [6.07, 6.45) is 17.5. The molecule has 1 saturated heterocycles. The molecule has 2 heteroatoms. The second-order valence-corrected chi connectivity index (χ2v) is 7.09. The molecule has 0 N–H and O–H groups in total. The molecule has 2 nitrogen and oxygen atoms in total. The van der Waals surface area contributed by atoms with Crippen LogP contribution in [0.3, 0.4) is 0 Å². The lowest BCUT2D eigenvalue weighted by Crippen LogP contribution is -2.56. The number of unbranched alkanes of at least 4 members (excludes halogenated alkanes) is 8. The van der Waals surface area contributed by atoms with Crippen molar-refractivity contribution in [2.75, 3.05) is 19.7 Å². The third-order valence-corrected chi connectivity index (χ3v) is 5.08. The summed E-state index contributed by atoms with van der Waals surface area (Å²) in [5.74, 6) is 0. The van der Waals surface area contributed by atoms with Crippen molar-refractivity contribution >= 4 is 0 Å². The van der Waals surface area contributed by atoms with E-state index in [1.165, 1.54) is 90.1 Å². The van der Waals surface area contributed by atoms with Gasteiger partial charge in [0.05, 0.1) is 6.10 Å². The van der Waals surface area contributed by atoms with E-state index in [-0.39, 0.29) is 0 Å². The van der Waals surface area contributed by atoms with Gasteiger partial charge in [0.25, 0.3) is 0 Å². The van der Waals surface area contributed by atoms with Crippen LogP contribution < -0.4 is 0 Å². The minimum Gasteiger partial charge on any atom is -0.376 e. The van der Waals surface area contributed by atoms with Crippen LogP contribution in [0.2, 0.25) is 0 Å². The van der Waals surface area contributed by atoms with Gasteiger partial charge in [0, 0.05) is 25.7 Å². The summed E-state index contributed by atoms with van der Waals surface area (Å²) in [4.78, 5) is 2.69. The van der Waals surface area contributed by atoms with Crippen LogP contribution in [-0.4, -0.2) is 36.7 Å². The second kappa shape index (κ2) is 13.4. The lowest BCUT2D eigenvalue weighted by Gasteiger charge is -2.44. The zero-order chi connectivity index (χ0) is 16.0. The minimum absolute atomic E-state index is 0.521. The molecule has 0 unspecified atom stereocenters. The normalized spacial score (nSPS) is 16.4. The van der Waals surface area contributed by atoms with Crippen LogP contribution in [0.25, 0.3) is 0 Å². The van der Waals surface area contributed by atoms with Crippen LogP contribution >= 0.6 is 0 Å². The Morgan fingerprint density at radius 3 is 1.73 bits per heavy atom. The molecular formula is C20H41NO. The molecule has 22 heavy (non-hydrogen) atoms. The smallest absolute Gasteiger partial charge is 0.0828 e. The highest BCUT2D eigenvalue weighted by Crippen LogP contribution is 2.24. The van der Waals surface area contributed by atoms with Gasteiger partial charge in [0.2, 0.25) is 0 Å². The highest BCUT2D eigenvalue weighted by atomic mass is 16.5. The summed E-state index contributed by atoms with van der Waals surface area (Å²) in [6.45, 7) is 9.95. The Morgan fingerprint density at radius 2 is 1.27 bits per heavy atom. The molecule has 1 rings (SSSR count). The van der Waals surface area contributed by atoms with Crippen molar-refractivity contribution in [2.24, 2.45) is 0 Å². The van der Waals surface area contributed by atoms with Gasteiger partial charge >= 0.3 is 0 Å². The molecule has 0 amide bonds.